The Bertz CT molecular complexity index is 1140. The molecule has 0 radical (unpaired) electrons. The van der Waals surface area contributed by atoms with Crippen LogP contribution in [0.25, 0.3) is 5.65 Å². The standard InChI is InChI=1S/C21H21FN6O/c1-11-2-3-17-15(7-13(22)8-23-17)19-14-6-12(14)10-27(19)18-4-5-28-20(26-18)16(9-24-28)21(29)25-11/h4-5,7-9,11-12,14,19H,2-3,6,10H2,1H3,(H,25,29)/t11-,12-,14-,19-/m1/s1. The highest BCUT2D eigenvalue weighted by Gasteiger charge is 2.54. The quantitative estimate of drug-likeness (QED) is 0.636. The molecule has 2 aliphatic heterocycles. The van der Waals surface area contributed by atoms with Gasteiger partial charge < -0.3 is 10.2 Å². The summed E-state index contributed by atoms with van der Waals surface area (Å²) in [6.45, 7) is 2.87. The maximum atomic E-state index is 14.2. The van der Waals surface area contributed by atoms with Crippen molar-refractivity contribution in [3.63, 3.8) is 0 Å². The van der Waals surface area contributed by atoms with Gasteiger partial charge in [0, 0.05) is 24.5 Å². The van der Waals surface area contributed by atoms with Crippen LogP contribution in [0.3, 0.4) is 0 Å². The minimum Gasteiger partial charge on any atom is -0.349 e. The number of carbonyl (C=O) groups excluding carboxylic acids is 1. The molecule has 2 bridgehead atoms. The van der Waals surface area contributed by atoms with Gasteiger partial charge in [0.05, 0.1) is 18.4 Å². The second-order valence-electron chi connectivity index (χ2n) is 8.47. The van der Waals surface area contributed by atoms with Crippen LogP contribution in [-0.4, -0.2) is 38.1 Å². The molecule has 5 heterocycles. The van der Waals surface area contributed by atoms with Gasteiger partial charge in [-0.15, -0.1) is 0 Å². The van der Waals surface area contributed by atoms with E-state index < -0.39 is 0 Å². The molecule has 7 nitrogen and oxygen atoms in total. The maximum absolute atomic E-state index is 14.2. The molecule has 1 saturated carbocycles. The van der Waals surface area contributed by atoms with Gasteiger partial charge in [0.15, 0.2) is 5.65 Å². The molecule has 2 fully saturated rings. The summed E-state index contributed by atoms with van der Waals surface area (Å²) in [6, 6.07) is 3.59. The Hall–Kier alpha value is -3.03. The number of hydrogen-bond acceptors (Lipinski definition) is 5. The second-order valence-corrected chi connectivity index (χ2v) is 8.47. The highest BCUT2D eigenvalue weighted by Crippen LogP contribution is 2.57. The number of fused-ring (bicyclic) bond motifs is 7. The zero-order chi connectivity index (χ0) is 19.7. The molecule has 3 aliphatic rings. The van der Waals surface area contributed by atoms with Crippen molar-refractivity contribution in [3.8, 4) is 0 Å². The zero-order valence-electron chi connectivity index (χ0n) is 16.0. The molecule has 0 unspecified atom stereocenters. The average molecular weight is 392 g/mol. The van der Waals surface area contributed by atoms with Crippen molar-refractivity contribution in [2.75, 3.05) is 11.4 Å². The molecule has 1 amide bonds. The van der Waals surface area contributed by atoms with Crippen molar-refractivity contribution >= 4 is 17.4 Å². The molecule has 148 valence electrons. The minimum atomic E-state index is -0.306. The van der Waals surface area contributed by atoms with E-state index in [0.29, 0.717) is 29.5 Å². The van der Waals surface area contributed by atoms with Crippen LogP contribution in [0.1, 0.15) is 47.4 Å². The number of rotatable bonds is 0. The first-order valence-electron chi connectivity index (χ1n) is 10.1. The number of halogens is 1. The lowest BCUT2D eigenvalue weighted by Crippen LogP contribution is -2.33. The van der Waals surface area contributed by atoms with E-state index in [-0.39, 0.29) is 23.8 Å². The molecule has 1 N–H and O–H groups in total. The molecule has 29 heavy (non-hydrogen) atoms. The molecular weight excluding hydrogens is 371 g/mol. The molecule has 8 heteroatoms. The van der Waals surface area contributed by atoms with E-state index in [0.717, 1.165) is 36.5 Å². The summed E-state index contributed by atoms with van der Waals surface area (Å²) in [4.78, 5) is 24.3. The lowest BCUT2D eigenvalue weighted by Gasteiger charge is -2.30. The van der Waals surface area contributed by atoms with E-state index in [1.807, 2.05) is 19.2 Å². The Morgan fingerprint density at radius 2 is 2.21 bits per heavy atom. The number of amides is 1. The summed E-state index contributed by atoms with van der Waals surface area (Å²) in [6.07, 6.45) is 7.28. The molecule has 0 spiro atoms. The topological polar surface area (TPSA) is 75.4 Å². The summed E-state index contributed by atoms with van der Waals surface area (Å²) >= 11 is 0. The molecule has 1 aliphatic carbocycles. The van der Waals surface area contributed by atoms with E-state index in [1.54, 1.807) is 16.8 Å². The predicted octanol–water partition coefficient (Wildman–Crippen LogP) is 2.53. The van der Waals surface area contributed by atoms with Gasteiger partial charge in [-0.2, -0.15) is 5.10 Å². The normalized spacial score (nSPS) is 28.1. The summed E-state index contributed by atoms with van der Waals surface area (Å²) in [5, 5.41) is 7.32. The number of nitrogens with one attached hydrogen (secondary N) is 1. The highest BCUT2D eigenvalue weighted by atomic mass is 19.1. The molecule has 4 atom stereocenters. The number of carbonyl (C=O) groups is 1. The van der Waals surface area contributed by atoms with Gasteiger partial charge in [-0.05, 0) is 55.7 Å². The van der Waals surface area contributed by atoms with Crippen LogP contribution in [0.5, 0.6) is 0 Å². The fourth-order valence-electron chi connectivity index (χ4n) is 4.95. The van der Waals surface area contributed by atoms with Crippen LogP contribution in [0, 0.1) is 17.7 Å². The third-order valence-corrected chi connectivity index (χ3v) is 6.52. The van der Waals surface area contributed by atoms with Crippen LogP contribution in [-0.2, 0) is 6.42 Å². The molecular formula is C21H21FN6O. The monoisotopic (exact) mass is 392 g/mol. The third kappa shape index (κ3) is 2.62. The van der Waals surface area contributed by atoms with Crippen molar-refractivity contribution in [3.05, 3.63) is 53.4 Å². The summed E-state index contributed by atoms with van der Waals surface area (Å²) in [5.41, 5.74) is 2.89. The fraction of sp³-hybridized carbons (Fsp3) is 0.429. The molecule has 0 aromatic carbocycles. The predicted molar refractivity (Wildman–Crippen MR) is 104 cm³/mol. The van der Waals surface area contributed by atoms with Crippen molar-refractivity contribution in [1.82, 2.24) is 24.9 Å². The van der Waals surface area contributed by atoms with Crippen molar-refractivity contribution in [2.24, 2.45) is 11.8 Å². The van der Waals surface area contributed by atoms with Gasteiger partial charge in [0.25, 0.3) is 5.91 Å². The van der Waals surface area contributed by atoms with Crippen LogP contribution >= 0.6 is 0 Å². The van der Waals surface area contributed by atoms with E-state index in [2.05, 4.69) is 20.3 Å². The number of pyridine rings is 1. The zero-order valence-corrected chi connectivity index (χ0v) is 16.0. The molecule has 3 aromatic heterocycles. The first-order valence-corrected chi connectivity index (χ1v) is 10.1. The summed E-state index contributed by atoms with van der Waals surface area (Å²) < 4.78 is 15.8. The Labute approximate surface area is 167 Å². The number of aryl methyl sites for hydroxylation is 1. The smallest absolute Gasteiger partial charge is 0.256 e. The highest BCUT2D eigenvalue weighted by molar-refractivity contribution is 5.99. The van der Waals surface area contributed by atoms with Gasteiger partial charge in [-0.3, -0.25) is 9.78 Å². The summed E-state index contributed by atoms with van der Waals surface area (Å²) in [5.74, 6) is 1.42. The first-order chi connectivity index (χ1) is 14.1. The van der Waals surface area contributed by atoms with Crippen LogP contribution < -0.4 is 10.2 Å². The van der Waals surface area contributed by atoms with Crippen LogP contribution in [0.2, 0.25) is 0 Å². The SMILES string of the molecule is C[C@@H]1CCc2ncc(F)cc2[C@H]2[C@@H]3C[C@@H]3CN2c2ccn3ncc(c3n2)C(=O)N1. The van der Waals surface area contributed by atoms with Crippen molar-refractivity contribution in [1.29, 1.82) is 0 Å². The summed E-state index contributed by atoms with van der Waals surface area (Å²) in [7, 11) is 0. The Morgan fingerprint density at radius 3 is 3.10 bits per heavy atom. The first kappa shape index (κ1) is 16.9. The Morgan fingerprint density at radius 1 is 1.31 bits per heavy atom. The number of anilines is 1. The van der Waals surface area contributed by atoms with E-state index >= 15 is 0 Å². The Kier molecular flexibility index (Phi) is 3.48. The number of hydrogen-bond donors (Lipinski definition) is 1. The van der Waals surface area contributed by atoms with E-state index in [4.69, 9.17) is 4.98 Å². The molecule has 6 rings (SSSR count). The van der Waals surface area contributed by atoms with Gasteiger partial charge >= 0.3 is 0 Å². The number of piperidine rings is 1. The van der Waals surface area contributed by atoms with Gasteiger partial charge in [-0.25, -0.2) is 13.9 Å². The van der Waals surface area contributed by atoms with Crippen molar-refractivity contribution in [2.45, 2.75) is 38.3 Å². The maximum Gasteiger partial charge on any atom is 0.256 e. The second kappa shape index (κ2) is 5.98. The third-order valence-electron chi connectivity index (χ3n) is 6.52. The van der Waals surface area contributed by atoms with Gasteiger partial charge in [0.2, 0.25) is 0 Å². The van der Waals surface area contributed by atoms with Crippen molar-refractivity contribution < 1.29 is 9.18 Å². The fourth-order valence-corrected chi connectivity index (χ4v) is 4.95. The van der Waals surface area contributed by atoms with E-state index in [9.17, 15) is 9.18 Å². The molecule has 1 saturated heterocycles. The number of nitrogens with zero attached hydrogens (tertiary/aromatic N) is 5. The largest absolute Gasteiger partial charge is 0.349 e. The number of aromatic nitrogens is 4. The van der Waals surface area contributed by atoms with E-state index in [1.165, 1.54) is 6.20 Å². The lowest BCUT2D eigenvalue weighted by atomic mass is 9.97. The minimum absolute atomic E-state index is 0.0468. The van der Waals surface area contributed by atoms with Crippen LogP contribution in [0.15, 0.2) is 30.7 Å². The average Bonchev–Trinajstić information content (AvgIpc) is 3.18. The Balaban J connectivity index is 1.55. The molecule has 3 aromatic rings. The van der Waals surface area contributed by atoms with Crippen LogP contribution in [0.4, 0.5) is 10.2 Å². The van der Waals surface area contributed by atoms with Gasteiger partial charge in [-0.1, -0.05) is 0 Å². The lowest BCUT2D eigenvalue weighted by molar-refractivity contribution is 0.0940. The van der Waals surface area contributed by atoms with Gasteiger partial charge in [0.1, 0.15) is 17.2 Å².